The van der Waals surface area contributed by atoms with Gasteiger partial charge in [-0.05, 0) is 0 Å². The minimum absolute atomic E-state index is 0. The van der Waals surface area contributed by atoms with Gasteiger partial charge in [-0.25, -0.2) is 0 Å². The molecule has 0 heterocycles. The van der Waals surface area contributed by atoms with Crippen LogP contribution in [0.3, 0.4) is 0 Å². The quantitative estimate of drug-likeness (QED) is 0.250. The molecule has 0 saturated heterocycles. The van der Waals surface area contributed by atoms with Crippen LogP contribution in [0.5, 0.6) is 0 Å². The van der Waals surface area contributed by atoms with E-state index in [-0.39, 0.29) is 23.9 Å². The van der Waals surface area contributed by atoms with Gasteiger partial charge >= 0.3 is 74.4 Å². The zero-order chi connectivity index (χ0) is 2.71. The molecule has 0 atom stereocenters. The average molecular weight is 503 g/mol. The van der Waals surface area contributed by atoms with E-state index in [0.29, 0.717) is 13.3 Å². The molecule has 30 valence electrons. The molecule has 0 N–H and O–H groups in total. The molecule has 0 aliphatic carbocycles. The molecule has 0 nitrogen and oxygen atoms in total. The molecule has 0 spiro atoms. The van der Waals surface area contributed by atoms with Gasteiger partial charge < -0.3 is 0 Å². The summed E-state index contributed by atoms with van der Waals surface area (Å²) in [4.78, 5) is 0. The van der Waals surface area contributed by atoms with Crippen molar-refractivity contribution in [2.24, 2.45) is 0 Å². The first-order chi connectivity index (χ1) is 1.41. The standard InChI is InChI=1S/I3.Sn.4H/c1-3-2;;;;;/q-1;;;;;. The Morgan fingerprint density at radius 1 is 1.25 bits per heavy atom. The second-order valence-corrected chi connectivity index (χ2v) is 16.3. The van der Waals surface area contributed by atoms with Gasteiger partial charge in [0, 0.05) is 0 Å². The molecule has 0 aromatic rings. The Balaban J connectivity index is 0. The summed E-state index contributed by atoms with van der Waals surface area (Å²) in [7, 11) is 0. The van der Waals surface area contributed by atoms with Gasteiger partial charge in [0.15, 0.2) is 0 Å². The van der Waals surface area contributed by atoms with Crippen molar-refractivity contribution in [3.05, 3.63) is 0 Å². The fourth-order valence-corrected chi connectivity index (χ4v) is 0. The SMILES string of the molecule is I[I-]I.[SnH4]. The maximum atomic E-state index is 2.39. The molecule has 0 amide bonds. The Morgan fingerprint density at radius 2 is 1.25 bits per heavy atom. The monoisotopic (exact) mass is 505 g/mol. The molecule has 0 unspecified atom stereocenters. The van der Waals surface area contributed by atoms with E-state index in [4.69, 9.17) is 0 Å². The third-order valence-corrected chi connectivity index (χ3v) is 0. The van der Waals surface area contributed by atoms with Crippen LogP contribution in [-0.4, -0.2) is 23.9 Å². The van der Waals surface area contributed by atoms with Crippen LogP contribution in [0, 0.1) is 0 Å². The van der Waals surface area contributed by atoms with Crippen LogP contribution >= 0.6 is 37.2 Å². The minimum atomic E-state index is 0. The zero-order valence-corrected chi connectivity index (χ0v) is 7.61. The number of halogens is 3. The van der Waals surface area contributed by atoms with Crippen molar-refractivity contribution in [3.63, 3.8) is 0 Å². The van der Waals surface area contributed by atoms with E-state index in [1.165, 1.54) is 0 Å². The normalized spacial score (nSPS) is 5.50. The third kappa shape index (κ3) is 8.89. The van der Waals surface area contributed by atoms with Crippen LogP contribution in [0.25, 0.3) is 0 Å². The summed E-state index contributed by atoms with van der Waals surface area (Å²) in [6.45, 7) is 0. The molecule has 0 aromatic carbocycles. The molecule has 0 aliphatic rings. The topological polar surface area (TPSA) is 0 Å². The first-order valence-corrected chi connectivity index (χ1v) is 12.9. The fourth-order valence-electron chi connectivity index (χ4n) is 0. The zero-order valence-electron chi connectivity index (χ0n) is 1.13. The molecule has 4 heavy (non-hydrogen) atoms. The number of rotatable bonds is 0. The average Bonchev–Trinajstić information content (AvgIpc) is 0.918. The van der Waals surface area contributed by atoms with Crippen molar-refractivity contribution in [3.8, 4) is 0 Å². The van der Waals surface area contributed by atoms with Gasteiger partial charge in [-0.2, -0.15) is 0 Å². The van der Waals surface area contributed by atoms with Gasteiger partial charge in [0.05, 0.1) is 0 Å². The summed E-state index contributed by atoms with van der Waals surface area (Å²) < 4.78 is 0. The van der Waals surface area contributed by atoms with E-state index < -0.39 is 0 Å². The van der Waals surface area contributed by atoms with Crippen molar-refractivity contribution < 1.29 is 13.3 Å². The molecule has 0 radical (unpaired) electrons. The summed E-state index contributed by atoms with van der Waals surface area (Å²) >= 11 is 5.30. The van der Waals surface area contributed by atoms with Crippen molar-refractivity contribution in [2.45, 2.75) is 0 Å². The Labute approximate surface area is 72.4 Å². The van der Waals surface area contributed by atoms with Gasteiger partial charge in [0.1, 0.15) is 0 Å². The molecule has 0 fully saturated rings. The fraction of sp³-hybridized carbons (Fsp3) is 0. The predicted octanol–water partition coefficient (Wildman–Crippen LogP) is -2.68. The summed E-state index contributed by atoms with van der Waals surface area (Å²) in [5.41, 5.74) is 0. The summed E-state index contributed by atoms with van der Waals surface area (Å²) in [6, 6.07) is 0. The third-order valence-electron chi connectivity index (χ3n) is 0. The molecular formula is H4I3Sn-. The van der Waals surface area contributed by atoms with E-state index in [0.717, 1.165) is 0 Å². The van der Waals surface area contributed by atoms with Crippen LogP contribution < -0.4 is 13.3 Å². The van der Waals surface area contributed by atoms with Crippen molar-refractivity contribution in [1.82, 2.24) is 0 Å². The summed E-state index contributed by atoms with van der Waals surface area (Å²) in [6.07, 6.45) is 0. The van der Waals surface area contributed by atoms with Crippen LogP contribution in [0.15, 0.2) is 0 Å². The van der Waals surface area contributed by atoms with E-state index in [1.54, 1.807) is 0 Å². The molecule has 0 rings (SSSR count). The summed E-state index contributed by atoms with van der Waals surface area (Å²) in [5.74, 6) is 0. The Bertz CT molecular complexity index is 3.25. The first kappa shape index (κ1) is 10.1. The molecule has 0 aliphatic heterocycles. The molecular weight excluding hydrogens is 499 g/mol. The Kier molecular flexibility index (Phi) is 23.6. The van der Waals surface area contributed by atoms with Crippen LogP contribution in [0.4, 0.5) is 0 Å². The van der Waals surface area contributed by atoms with Gasteiger partial charge in [-0.15, -0.1) is 0 Å². The van der Waals surface area contributed by atoms with Crippen molar-refractivity contribution in [1.29, 1.82) is 0 Å². The van der Waals surface area contributed by atoms with Crippen molar-refractivity contribution in [2.75, 3.05) is 0 Å². The second kappa shape index (κ2) is 9.37. The van der Waals surface area contributed by atoms with Gasteiger partial charge in [0.25, 0.3) is 0 Å². The van der Waals surface area contributed by atoms with E-state index in [2.05, 4.69) is 37.2 Å². The van der Waals surface area contributed by atoms with Crippen LogP contribution in [0.2, 0.25) is 0 Å². The van der Waals surface area contributed by atoms with Crippen molar-refractivity contribution >= 4 is 61.1 Å². The molecule has 0 aromatic heterocycles. The predicted molar refractivity (Wildman–Crippen MR) is 39.4 cm³/mol. The number of hydrogen-bond acceptors (Lipinski definition) is 0. The summed E-state index contributed by atoms with van der Waals surface area (Å²) in [5, 5.41) is 0. The van der Waals surface area contributed by atoms with Crippen LogP contribution in [-0.2, 0) is 0 Å². The van der Waals surface area contributed by atoms with Crippen LogP contribution in [0.1, 0.15) is 0 Å². The van der Waals surface area contributed by atoms with Gasteiger partial charge in [-0.1, -0.05) is 0 Å². The van der Waals surface area contributed by atoms with Gasteiger partial charge in [0.2, 0.25) is 0 Å². The molecule has 0 bridgehead atoms. The Hall–Kier alpha value is 2.99. The Morgan fingerprint density at radius 3 is 1.25 bits per heavy atom. The second-order valence-electron chi connectivity index (χ2n) is 0.0540. The van der Waals surface area contributed by atoms with Gasteiger partial charge in [-0.3, -0.25) is 0 Å². The number of hydrogen-bond donors (Lipinski definition) is 0. The van der Waals surface area contributed by atoms with E-state index >= 15 is 0 Å². The van der Waals surface area contributed by atoms with E-state index in [9.17, 15) is 0 Å². The molecule has 0 saturated carbocycles. The maximum absolute atomic E-state index is 2.39. The first-order valence-electron chi connectivity index (χ1n) is 0.286. The molecule has 4 heteroatoms. The van der Waals surface area contributed by atoms with E-state index in [1.807, 2.05) is 0 Å².